The zero-order valence-corrected chi connectivity index (χ0v) is 14.0. The Bertz CT molecular complexity index is 441. The molecule has 0 aromatic carbocycles. The minimum absolute atomic E-state index is 0.389. The van der Waals surface area contributed by atoms with Gasteiger partial charge in [-0.15, -0.1) is 6.58 Å². The molecule has 4 atom stereocenters. The summed E-state index contributed by atoms with van der Waals surface area (Å²) in [6.45, 7) is 14.1. The number of fused-ring (bicyclic) bond motifs is 3. The van der Waals surface area contributed by atoms with Gasteiger partial charge in [-0.2, -0.15) is 0 Å². The highest BCUT2D eigenvalue weighted by Gasteiger charge is 2.52. The third-order valence-corrected chi connectivity index (χ3v) is 7.24. The van der Waals surface area contributed by atoms with Gasteiger partial charge in [0.05, 0.1) is 0 Å². The standard InChI is InChI=1S/C20H32/c1-6-19(4)12-13-20(5)15(14-19)9-10-16-17(20)8-7-11-18(16,2)3/h6,10,15,17H,1,7-9,11-14H2,2-5H3/t15-,17-,19-,20-/m1/s1. The van der Waals surface area contributed by atoms with Crippen molar-refractivity contribution in [2.24, 2.45) is 28.1 Å². The Morgan fingerprint density at radius 2 is 1.90 bits per heavy atom. The molecule has 0 aromatic rings. The molecule has 112 valence electrons. The molecule has 2 fully saturated rings. The quantitative estimate of drug-likeness (QED) is 0.503. The van der Waals surface area contributed by atoms with E-state index >= 15 is 0 Å². The Hall–Kier alpha value is -0.520. The molecule has 3 aliphatic carbocycles. The molecule has 0 aliphatic heterocycles. The molecule has 0 N–H and O–H groups in total. The highest BCUT2D eigenvalue weighted by atomic mass is 14.6. The van der Waals surface area contributed by atoms with Crippen LogP contribution in [0.4, 0.5) is 0 Å². The van der Waals surface area contributed by atoms with Crippen LogP contribution in [0, 0.1) is 28.1 Å². The number of hydrogen-bond acceptors (Lipinski definition) is 0. The summed E-state index contributed by atoms with van der Waals surface area (Å²) >= 11 is 0. The maximum Gasteiger partial charge on any atom is -0.0141 e. The summed E-state index contributed by atoms with van der Waals surface area (Å²) in [6, 6.07) is 0. The normalized spacial score (nSPS) is 46.9. The van der Waals surface area contributed by atoms with E-state index in [1.54, 1.807) is 0 Å². The van der Waals surface area contributed by atoms with Crippen LogP contribution >= 0.6 is 0 Å². The molecule has 3 rings (SSSR count). The van der Waals surface area contributed by atoms with E-state index in [0.717, 1.165) is 11.8 Å². The predicted molar refractivity (Wildman–Crippen MR) is 87.6 cm³/mol. The summed E-state index contributed by atoms with van der Waals surface area (Å²) in [6.07, 6.45) is 14.5. The van der Waals surface area contributed by atoms with E-state index in [9.17, 15) is 0 Å². The fraction of sp³-hybridized carbons (Fsp3) is 0.800. The first kappa shape index (κ1) is 14.4. The van der Waals surface area contributed by atoms with Gasteiger partial charge in [0.2, 0.25) is 0 Å². The van der Waals surface area contributed by atoms with Gasteiger partial charge in [-0.1, -0.05) is 51.8 Å². The molecule has 0 spiro atoms. The molecule has 0 aromatic heterocycles. The van der Waals surface area contributed by atoms with E-state index in [2.05, 4.69) is 46.4 Å². The molecule has 0 bridgehead atoms. The van der Waals surface area contributed by atoms with Gasteiger partial charge in [-0.3, -0.25) is 0 Å². The summed E-state index contributed by atoms with van der Waals surface area (Å²) in [5.41, 5.74) is 3.21. The summed E-state index contributed by atoms with van der Waals surface area (Å²) in [7, 11) is 0. The van der Waals surface area contributed by atoms with E-state index < -0.39 is 0 Å². The largest absolute Gasteiger partial charge is 0.103 e. The fourth-order valence-electron chi connectivity index (χ4n) is 5.55. The van der Waals surface area contributed by atoms with Crippen LogP contribution < -0.4 is 0 Å². The Kier molecular flexibility index (Phi) is 3.23. The first-order valence-electron chi connectivity index (χ1n) is 8.65. The van der Waals surface area contributed by atoms with Crippen LogP contribution in [0.5, 0.6) is 0 Å². The molecule has 0 amide bonds. The van der Waals surface area contributed by atoms with E-state index in [0.29, 0.717) is 16.2 Å². The average molecular weight is 272 g/mol. The van der Waals surface area contributed by atoms with E-state index in [1.165, 1.54) is 44.9 Å². The highest BCUT2D eigenvalue weighted by molar-refractivity contribution is 5.26. The lowest BCUT2D eigenvalue weighted by Crippen LogP contribution is -2.48. The topological polar surface area (TPSA) is 0 Å². The predicted octanol–water partition coefficient (Wildman–Crippen LogP) is 6.14. The molecule has 20 heavy (non-hydrogen) atoms. The number of hydrogen-bond donors (Lipinski definition) is 0. The molecule has 0 unspecified atom stereocenters. The van der Waals surface area contributed by atoms with Crippen molar-refractivity contribution < 1.29 is 0 Å². The summed E-state index contributed by atoms with van der Waals surface area (Å²) in [4.78, 5) is 0. The van der Waals surface area contributed by atoms with Crippen molar-refractivity contribution in [3.05, 3.63) is 24.3 Å². The van der Waals surface area contributed by atoms with Crippen LogP contribution in [0.25, 0.3) is 0 Å². The van der Waals surface area contributed by atoms with Gasteiger partial charge >= 0.3 is 0 Å². The maximum atomic E-state index is 4.11. The zero-order chi connectivity index (χ0) is 14.6. The first-order chi connectivity index (χ1) is 9.31. The smallest absolute Gasteiger partial charge is 0.0141 e. The van der Waals surface area contributed by atoms with Crippen LogP contribution in [0.3, 0.4) is 0 Å². The van der Waals surface area contributed by atoms with E-state index in [-0.39, 0.29) is 0 Å². The minimum atomic E-state index is 0.389. The van der Waals surface area contributed by atoms with Crippen molar-refractivity contribution in [1.29, 1.82) is 0 Å². The second-order valence-electron chi connectivity index (χ2n) is 8.99. The molecular formula is C20H32. The lowest BCUT2D eigenvalue weighted by Gasteiger charge is -2.58. The van der Waals surface area contributed by atoms with Crippen molar-refractivity contribution in [1.82, 2.24) is 0 Å². The van der Waals surface area contributed by atoms with E-state index in [4.69, 9.17) is 0 Å². The molecule has 3 aliphatic rings. The second-order valence-corrected chi connectivity index (χ2v) is 8.99. The molecule has 0 nitrogen and oxygen atoms in total. The van der Waals surface area contributed by atoms with Crippen molar-refractivity contribution in [2.75, 3.05) is 0 Å². The Labute approximate surface area is 125 Å². The lowest BCUT2D eigenvalue weighted by molar-refractivity contribution is -0.0131. The van der Waals surface area contributed by atoms with Gasteiger partial charge in [0.15, 0.2) is 0 Å². The van der Waals surface area contributed by atoms with Crippen molar-refractivity contribution in [2.45, 2.75) is 72.6 Å². The van der Waals surface area contributed by atoms with Gasteiger partial charge in [0.1, 0.15) is 0 Å². The van der Waals surface area contributed by atoms with Crippen molar-refractivity contribution in [3.63, 3.8) is 0 Å². The zero-order valence-electron chi connectivity index (χ0n) is 14.0. The summed E-state index contributed by atoms with van der Waals surface area (Å²) in [5, 5.41) is 0. The van der Waals surface area contributed by atoms with Gasteiger partial charge in [0, 0.05) is 0 Å². The van der Waals surface area contributed by atoms with Gasteiger partial charge in [0.25, 0.3) is 0 Å². The Balaban J connectivity index is 1.94. The summed E-state index contributed by atoms with van der Waals surface area (Å²) in [5.74, 6) is 1.74. The van der Waals surface area contributed by atoms with Gasteiger partial charge < -0.3 is 0 Å². The minimum Gasteiger partial charge on any atom is -0.103 e. The number of allylic oxidation sites excluding steroid dienone is 3. The molecule has 0 radical (unpaired) electrons. The van der Waals surface area contributed by atoms with E-state index in [1.807, 2.05) is 5.57 Å². The molecule has 0 heterocycles. The van der Waals surface area contributed by atoms with Gasteiger partial charge in [-0.25, -0.2) is 0 Å². The van der Waals surface area contributed by atoms with Crippen molar-refractivity contribution >= 4 is 0 Å². The fourth-order valence-corrected chi connectivity index (χ4v) is 5.55. The third-order valence-electron chi connectivity index (χ3n) is 7.24. The highest BCUT2D eigenvalue weighted by Crippen LogP contribution is 2.63. The molecular weight excluding hydrogens is 240 g/mol. The van der Waals surface area contributed by atoms with Crippen LogP contribution in [0.2, 0.25) is 0 Å². The second kappa shape index (κ2) is 4.49. The third kappa shape index (κ3) is 2.02. The molecule has 0 saturated heterocycles. The van der Waals surface area contributed by atoms with Crippen LogP contribution in [-0.2, 0) is 0 Å². The van der Waals surface area contributed by atoms with Crippen LogP contribution in [-0.4, -0.2) is 0 Å². The Morgan fingerprint density at radius 3 is 2.60 bits per heavy atom. The SMILES string of the molecule is C=C[C@]1(C)CC[C@]2(C)[C@H](CC=C3[C@H]2CCCC3(C)C)C1. The maximum absolute atomic E-state index is 4.11. The lowest BCUT2D eigenvalue weighted by atomic mass is 9.47. The molecule has 0 heteroatoms. The van der Waals surface area contributed by atoms with Crippen LogP contribution in [0.15, 0.2) is 24.3 Å². The van der Waals surface area contributed by atoms with Crippen molar-refractivity contribution in [3.8, 4) is 0 Å². The number of rotatable bonds is 1. The first-order valence-corrected chi connectivity index (χ1v) is 8.65. The Morgan fingerprint density at radius 1 is 1.15 bits per heavy atom. The van der Waals surface area contributed by atoms with Crippen LogP contribution in [0.1, 0.15) is 72.6 Å². The monoisotopic (exact) mass is 272 g/mol. The molecule has 2 saturated carbocycles. The summed E-state index contributed by atoms with van der Waals surface area (Å²) < 4.78 is 0. The van der Waals surface area contributed by atoms with Gasteiger partial charge in [-0.05, 0) is 66.6 Å². The average Bonchev–Trinajstić information content (AvgIpc) is 2.40.